The van der Waals surface area contributed by atoms with Gasteiger partial charge in [-0.2, -0.15) is 5.26 Å². The molecule has 4 rings (SSSR count). The normalized spacial score (nSPS) is 11.9. The van der Waals surface area contributed by atoms with Gasteiger partial charge in [0.05, 0.1) is 11.6 Å². The van der Waals surface area contributed by atoms with Crippen LogP contribution >= 0.6 is 11.3 Å². The number of aromatic nitrogens is 1. The second-order valence-electron chi connectivity index (χ2n) is 4.85. The van der Waals surface area contributed by atoms with Crippen molar-refractivity contribution in [2.24, 2.45) is 0 Å². The lowest BCUT2D eigenvalue weighted by Crippen LogP contribution is -2.02. The molecule has 0 N–H and O–H groups in total. The van der Waals surface area contributed by atoms with Crippen molar-refractivity contribution in [3.8, 4) is 27.6 Å². The van der Waals surface area contributed by atoms with Gasteiger partial charge < -0.3 is 12.6 Å². The lowest BCUT2D eigenvalue weighted by atomic mass is 9.97. The van der Waals surface area contributed by atoms with E-state index in [1.165, 1.54) is 11.3 Å². The first-order valence-electron chi connectivity index (χ1n) is 6.55. The van der Waals surface area contributed by atoms with E-state index >= 15 is 0 Å². The van der Waals surface area contributed by atoms with Crippen molar-refractivity contribution in [3.63, 3.8) is 0 Å². The molecule has 2 heterocycles. The molecule has 0 amide bonds. The molecule has 0 bridgehead atoms. The number of benzene rings is 1. The minimum Gasteiger partial charge on any atom is -0.759 e. The summed E-state index contributed by atoms with van der Waals surface area (Å²) in [6.45, 7) is 0. The maximum atomic E-state index is 12.6. The number of thiophene rings is 1. The summed E-state index contributed by atoms with van der Waals surface area (Å²) in [4.78, 5) is 17.7. The van der Waals surface area contributed by atoms with Crippen LogP contribution in [0.3, 0.4) is 0 Å². The highest BCUT2D eigenvalue weighted by Gasteiger charge is 2.32. The van der Waals surface area contributed by atoms with E-state index in [0.29, 0.717) is 16.8 Å². The largest absolute Gasteiger partial charge is 0.759 e. The first-order chi connectivity index (χ1) is 10.7. The van der Waals surface area contributed by atoms with Gasteiger partial charge in [-0.3, -0.25) is 9.78 Å². The molecular formula is C17H7N2OS2-. The third kappa shape index (κ3) is 1.65. The van der Waals surface area contributed by atoms with Crippen LogP contribution in [0.4, 0.5) is 0 Å². The van der Waals surface area contributed by atoms with Crippen molar-refractivity contribution in [3.05, 3.63) is 58.6 Å². The zero-order chi connectivity index (χ0) is 15.3. The molecule has 0 fully saturated rings. The molecule has 0 atom stereocenters. The number of carbonyl (C=O) groups excluding carboxylic acids is 1. The van der Waals surface area contributed by atoms with Crippen LogP contribution in [0.25, 0.3) is 21.6 Å². The topological polar surface area (TPSA) is 53.8 Å². The van der Waals surface area contributed by atoms with Crippen LogP contribution in [0, 0.1) is 11.3 Å². The molecule has 0 saturated carbocycles. The number of hydrogen-bond donors (Lipinski definition) is 0. The van der Waals surface area contributed by atoms with Crippen LogP contribution < -0.4 is 0 Å². The van der Waals surface area contributed by atoms with Crippen LogP contribution in [-0.2, 0) is 12.6 Å². The van der Waals surface area contributed by atoms with Crippen molar-refractivity contribution < 1.29 is 4.79 Å². The molecule has 2 aromatic heterocycles. The summed E-state index contributed by atoms with van der Waals surface area (Å²) in [7, 11) is 0. The van der Waals surface area contributed by atoms with E-state index < -0.39 is 0 Å². The van der Waals surface area contributed by atoms with E-state index in [2.05, 4.69) is 11.1 Å². The zero-order valence-corrected chi connectivity index (χ0v) is 12.8. The predicted octanol–water partition coefficient (Wildman–Crippen LogP) is 3.80. The Balaban J connectivity index is 2.19. The van der Waals surface area contributed by atoms with Crippen molar-refractivity contribution in [1.29, 1.82) is 5.26 Å². The molecule has 0 radical (unpaired) electrons. The lowest BCUT2D eigenvalue weighted by Gasteiger charge is -2.16. The minimum absolute atomic E-state index is 0.126. The molecule has 3 aromatic rings. The van der Waals surface area contributed by atoms with E-state index in [9.17, 15) is 10.1 Å². The molecule has 0 saturated heterocycles. The zero-order valence-electron chi connectivity index (χ0n) is 11.2. The first kappa shape index (κ1) is 13.1. The van der Waals surface area contributed by atoms with Crippen molar-refractivity contribution in [2.75, 3.05) is 0 Å². The highest BCUT2D eigenvalue weighted by molar-refractivity contribution is 7.58. The Labute approximate surface area is 136 Å². The van der Waals surface area contributed by atoms with E-state index in [0.717, 1.165) is 21.6 Å². The summed E-state index contributed by atoms with van der Waals surface area (Å²) in [5.74, 6) is -0.126. The summed E-state index contributed by atoms with van der Waals surface area (Å²) in [6.07, 6.45) is 0. The minimum atomic E-state index is -0.126. The van der Waals surface area contributed by atoms with Crippen molar-refractivity contribution in [2.45, 2.75) is 5.03 Å². The van der Waals surface area contributed by atoms with Gasteiger partial charge in [0.1, 0.15) is 5.69 Å². The number of hydrogen-bond acceptors (Lipinski definition) is 5. The molecule has 5 heteroatoms. The molecule has 1 aromatic carbocycles. The summed E-state index contributed by atoms with van der Waals surface area (Å²) in [5.41, 5.74) is 3.62. The molecule has 22 heavy (non-hydrogen) atoms. The maximum absolute atomic E-state index is 12.6. The third-order valence-electron chi connectivity index (χ3n) is 3.70. The Hall–Kier alpha value is -2.55. The van der Waals surface area contributed by atoms with Gasteiger partial charge in [-0.05, 0) is 17.0 Å². The molecule has 0 spiro atoms. The fraction of sp³-hybridized carbons (Fsp3) is 0. The number of nitriles is 1. The fourth-order valence-corrected chi connectivity index (χ4v) is 3.81. The number of rotatable bonds is 1. The van der Waals surface area contributed by atoms with Gasteiger partial charge in [0, 0.05) is 21.6 Å². The van der Waals surface area contributed by atoms with Gasteiger partial charge >= 0.3 is 0 Å². The standard InChI is InChI=1S/C17H8N2OS2/c18-8-11-13(12-6-3-7-22-12)14-9-4-1-2-5-10(9)16(20)15(14)19-17(11)21/h1-7H,(H,19,21)/p-1. The van der Waals surface area contributed by atoms with Crippen molar-refractivity contribution >= 4 is 29.7 Å². The molecule has 104 valence electrons. The number of nitrogens with zero attached hydrogens (tertiary/aromatic N) is 2. The predicted molar refractivity (Wildman–Crippen MR) is 86.8 cm³/mol. The maximum Gasteiger partial charge on any atom is 0.212 e. The SMILES string of the molecule is N#Cc1c([S-])nc2c(c1-c1cccs1)-c1ccccc1C2=O. The monoisotopic (exact) mass is 319 g/mol. The Kier molecular flexibility index (Phi) is 2.83. The van der Waals surface area contributed by atoms with Crippen LogP contribution in [0.2, 0.25) is 0 Å². The molecule has 1 aliphatic rings. The number of carbonyl (C=O) groups is 1. The average Bonchev–Trinajstić information content (AvgIpc) is 3.15. The number of fused-ring (bicyclic) bond motifs is 3. The second kappa shape index (κ2) is 4.73. The molecule has 0 unspecified atom stereocenters. The Morgan fingerprint density at radius 2 is 1.86 bits per heavy atom. The van der Waals surface area contributed by atoms with Gasteiger partial charge in [-0.1, -0.05) is 35.4 Å². The number of ketones is 1. The Morgan fingerprint density at radius 3 is 2.55 bits per heavy atom. The van der Waals surface area contributed by atoms with E-state index in [4.69, 9.17) is 12.6 Å². The number of pyridine rings is 1. The van der Waals surface area contributed by atoms with Gasteiger partial charge in [-0.15, -0.1) is 11.3 Å². The van der Waals surface area contributed by atoms with Crippen LogP contribution in [0.5, 0.6) is 0 Å². The van der Waals surface area contributed by atoms with Gasteiger partial charge in [-0.25, -0.2) is 0 Å². The Bertz CT molecular complexity index is 969. The Morgan fingerprint density at radius 1 is 1.09 bits per heavy atom. The van der Waals surface area contributed by atoms with Crippen molar-refractivity contribution in [1.82, 2.24) is 4.98 Å². The summed E-state index contributed by atoms with van der Waals surface area (Å²) < 4.78 is 0. The molecule has 1 aliphatic carbocycles. The van der Waals surface area contributed by atoms with Gasteiger partial charge in [0.25, 0.3) is 0 Å². The quantitative estimate of drug-likeness (QED) is 0.501. The highest BCUT2D eigenvalue weighted by atomic mass is 32.1. The first-order valence-corrected chi connectivity index (χ1v) is 7.84. The third-order valence-corrected chi connectivity index (χ3v) is 4.88. The lowest BCUT2D eigenvalue weighted by molar-refractivity contribution is 0.103. The van der Waals surface area contributed by atoms with Crippen LogP contribution in [0.15, 0.2) is 46.8 Å². The van der Waals surface area contributed by atoms with E-state index in [1.807, 2.05) is 35.7 Å². The molecule has 0 aliphatic heterocycles. The second-order valence-corrected chi connectivity index (χ2v) is 6.19. The molecular weight excluding hydrogens is 312 g/mol. The summed E-state index contributed by atoms with van der Waals surface area (Å²) >= 11 is 6.76. The van der Waals surface area contributed by atoms with Crippen LogP contribution in [-0.4, -0.2) is 10.8 Å². The fourth-order valence-electron chi connectivity index (χ4n) is 2.79. The van der Waals surface area contributed by atoms with Crippen LogP contribution in [0.1, 0.15) is 21.6 Å². The highest BCUT2D eigenvalue weighted by Crippen LogP contribution is 2.45. The van der Waals surface area contributed by atoms with Gasteiger partial charge in [0.2, 0.25) is 5.78 Å². The summed E-state index contributed by atoms with van der Waals surface area (Å²) in [6, 6.07) is 13.4. The van der Waals surface area contributed by atoms with E-state index in [1.54, 1.807) is 6.07 Å². The van der Waals surface area contributed by atoms with E-state index in [-0.39, 0.29) is 10.8 Å². The smallest absolute Gasteiger partial charge is 0.212 e. The van der Waals surface area contributed by atoms with Gasteiger partial charge in [0.15, 0.2) is 0 Å². The molecule has 3 nitrogen and oxygen atoms in total. The summed E-state index contributed by atoms with van der Waals surface area (Å²) in [5, 5.41) is 11.6. The average molecular weight is 319 g/mol.